The molecular formula is C13H18F3NO. The largest absolute Gasteiger partial charge is 0.405 e. The average Bonchev–Trinajstić information content (AvgIpc) is 2.24. The van der Waals surface area contributed by atoms with Gasteiger partial charge in [0.25, 0.3) is 5.91 Å². The van der Waals surface area contributed by atoms with E-state index in [4.69, 9.17) is 0 Å². The SMILES string of the molecule is Cc1cc(C(=O)NCC(F)(F)F)ccc1C(C)C.[HH]. The van der Waals surface area contributed by atoms with Crippen LogP contribution in [0.2, 0.25) is 0 Å². The van der Waals surface area contributed by atoms with Crippen molar-refractivity contribution in [1.82, 2.24) is 5.32 Å². The molecule has 0 unspecified atom stereocenters. The molecule has 0 saturated heterocycles. The fourth-order valence-corrected chi connectivity index (χ4v) is 1.75. The van der Waals surface area contributed by atoms with Gasteiger partial charge in [0.1, 0.15) is 6.54 Å². The van der Waals surface area contributed by atoms with E-state index < -0.39 is 18.6 Å². The third-order valence-corrected chi connectivity index (χ3v) is 2.60. The smallest absolute Gasteiger partial charge is 0.343 e. The Morgan fingerprint density at radius 2 is 2.00 bits per heavy atom. The number of carbonyl (C=O) groups excluding carboxylic acids is 1. The van der Waals surface area contributed by atoms with Gasteiger partial charge in [0.2, 0.25) is 0 Å². The first-order chi connectivity index (χ1) is 8.20. The average molecular weight is 261 g/mol. The van der Waals surface area contributed by atoms with Crippen LogP contribution in [-0.2, 0) is 0 Å². The van der Waals surface area contributed by atoms with E-state index in [9.17, 15) is 18.0 Å². The lowest BCUT2D eigenvalue weighted by Gasteiger charge is -2.12. The second-order valence-corrected chi connectivity index (χ2v) is 4.52. The monoisotopic (exact) mass is 261 g/mol. The number of rotatable bonds is 3. The van der Waals surface area contributed by atoms with E-state index in [-0.39, 0.29) is 6.99 Å². The molecule has 18 heavy (non-hydrogen) atoms. The Labute approximate surface area is 106 Å². The minimum atomic E-state index is -4.39. The number of carbonyl (C=O) groups is 1. The Balaban J connectivity index is 0.00000324. The third kappa shape index (κ3) is 4.05. The molecule has 0 aliphatic carbocycles. The minimum Gasteiger partial charge on any atom is -0.343 e. The molecule has 0 aliphatic rings. The summed E-state index contributed by atoms with van der Waals surface area (Å²) in [7, 11) is 0. The van der Waals surface area contributed by atoms with Crippen molar-refractivity contribution < 1.29 is 19.4 Å². The molecule has 1 rings (SSSR count). The van der Waals surface area contributed by atoms with Crippen molar-refractivity contribution >= 4 is 5.91 Å². The number of alkyl halides is 3. The number of amides is 1. The standard InChI is InChI=1S/C13H16F3NO.H2/c1-8(2)11-5-4-10(6-9(11)3)12(18)17-7-13(14,15)16;/h4-6,8H,7H2,1-3H3,(H,17,18);1H. The molecule has 0 radical (unpaired) electrons. The molecule has 0 bridgehead atoms. The first-order valence-electron chi connectivity index (χ1n) is 5.66. The number of benzene rings is 1. The Kier molecular flexibility index (Phi) is 4.38. The Morgan fingerprint density at radius 3 is 2.44 bits per heavy atom. The number of aryl methyl sites for hydroxylation is 1. The lowest BCUT2D eigenvalue weighted by molar-refractivity contribution is -0.123. The lowest BCUT2D eigenvalue weighted by Crippen LogP contribution is -2.33. The molecule has 1 amide bonds. The summed E-state index contributed by atoms with van der Waals surface area (Å²) < 4.78 is 35.9. The summed E-state index contributed by atoms with van der Waals surface area (Å²) in [6.45, 7) is 4.57. The maximum atomic E-state index is 12.0. The number of hydrogen-bond donors (Lipinski definition) is 1. The second kappa shape index (κ2) is 5.42. The van der Waals surface area contributed by atoms with Crippen LogP contribution in [0.15, 0.2) is 18.2 Å². The summed E-state index contributed by atoms with van der Waals surface area (Å²) >= 11 is 0. The Bertz CT molecular complexity index is 444. The van der Waals surface area contributed by atoms with Crippen molar-refractivity contribution in [2.75, 3.05) is 6.54 Å². The van der Waals surface area contributed by atoms with Gasteiger partial charge in [-0.05, 0) is 36.1 Å². The molecule has 102 valence electrons. The van der Waals surface area contributed by atoms with Crippen molar-refractivity contribution in [3.05, 3.63) is 34.9 Å². The Hall–Kier alpha value is -1.52. The lowest BCUT2D eigenvalue weighted by atomic mass is 9.96. The van der Waals surface area contributed by atoms with Gasteiger partial charge in [-0.1, -0.05) is 19.9 Å². The number of nitrogens with one attached hydrogen (secondary N) is 1. The van der Waals surface area contributed by atoms with Crippen LogP contribution in [0, 0.1) is 6.92 Å². The first kappa shape index (κ1) is 14.5. The van der Waals surface area contributed by atoms with Crippen LogP contribution in [0.5, 0.6) is 0 Å². The third-order valence-electron chi connectivity index (χ3n) is 2.60. The fourth-order valence-electron chi connectivity index (χ4n) is 1.75. The topological polar surface area (TPSA) is 29.1 Å². The quantitative estimate of drug-likeness (QED) is 0.884. The van der Waals surface area contributed by atoms with Gasteiger partial charge in [0.15, 0.2) is 0 Å². The summed E-state index contributed by atoms with van der Waals surface area (Å²) in [6, 6.07) is 4.94. The molecular weight excluding hydrogens is 243 g/mol. The van der Waals surface area contributed by atoms with E-state index in [0.717, 1.165) is 11.1 Å². The Morgan fingerprint density at radius 1 is 1.39 bits per heavy atom. The highest BCUT2D eigenvalue weighted by Crippen LogP contribution is 2.20. The molecule has 1 aromatic carbocycles. The summed E-state index contributed by atoms with van der Waals surface area (Å²) in [5.74, 6) is -0.386. The van der Waals surface area contributed by atoms with Gasteiger partial charge in [0, 0.05) is 6.99 Å². The summed E-state index contributed by atoms with van der Waals surface area (Å²) in [5, 5.41) is 1.85. The highest BCUT2D eigenvalue weighted by Gasteiger charge is 2.27. The van der Waals surface area contributed by atoms with Crippen LogP contribution >= 0.6 is 0 Å². The predicted molar refractivity (Wildman–Crippen MR) is 65.8 cm³/mol. The summed E-state index contributed by atoms with van der Waals surface area (Å²) in [6.07, 6.45) is -4.39. The van der Waals surface area contributed by atoms with Gasteiger partial charge in [0.05, 0.1) is 0 Å². The van der Waals surface area contributed by atoms with E-state index in [1.54, 1.807) is 18.2 Å². The van der Waals surface area contributed by atoms with Gasteiger partial charge in [-0.25, -0.2) is 0 Å². The zero-order valence-corrected chi connectivity index (χ0v) is 10.6. The maximum absolute atomic E-state index is 12.0. The van der Waals surface area contributed by atoms with E-state index in [1.165, 1.54) is 0 Å². The van der Waals surface area contributed by atoms with Gasteiger partial charge in [-0.3, -0.25) is 4.79 Å². The molecule has 0 spiro atoms. The van der Waals surface area contributed by atoms with Crippen molar-refractivity contribution in [2.24, 2.45) is 0 Å². The van der Waals surface area contributed by atoms with Crippen molar-refractivity contribution in [3.63, 3.8) is 0 Å². The molecule has 1 aromatic rings. The second-order valence-electron chi connectivity index (χ2n) is 4.52. The van der Waals surface area contributed by atoms with Crippen LogP contribution in [0.1, 0.15) is 42.7 Å². The number of halogens is 3. The van der Waals surface area contributed by atoms with Crippen LogP contribution < -0.4 is 5.32 Å². The molecule has 0 heterocycles. The van der Waals surface area contributed by atoms with Crippen LogP contribution in [0.3, 0.4) is 0 Å². The van der Waals surface area contributed by atoms with E-state index >= 15 is 0 Å². The maximum Gasteiger partial charge on any atom is 0.405 e. The molecule has 0 saturated carbocycles. The van der Waals surface area contributed by atoms with Crippen LogP contribution in [0.4, 0.5) is 13.2 Å². The summed E-state index contributed by atoms with van der Waals surface area (Å²) in [5.41, 5.74) is 2.24. The first-order valence-corrected chi connectivity index (χ1v) is 5.66. The minimum absolute atomic E-state index is 0. The molecule has 2 nitrogen and oxygen atoms in total. The zero-order valence-electron chi connectivity index (χ0n) is 10.6. The molecule has 1 N–H and O–H groups in total. The number of hydrogen-bond acceptors (Lipinski definition) is 1. The van der Waals surface area contributed by atoms with Crippen LogP contribution in [0.25, 0.3) is 0 Å². The fraction of sp³-hybridized carbons (Fsp3) is 0.462. The van der Waals surface area contributed by atoms with Gasteiger partial charge in [-0.2, -0.15) is 13.2 Å². The van der Waals surface area contributed by atoms with Crippen LogP contribution in [-0.4, -0.2) is 18.6 Å². The molecule has 0 aliphatic heterocycles. The van der Waals surface area contributed by atoms with E-state index in [2.05, 4.69) is 0 Å². The summed E-state index contributed by atoms with van der Waals surface area (Å²) in [4.78, 5) is 11.5. The molecule has 5 heteroatoms. The molecule has 0 atom stereocenters. The van der Waals surface area contributed by atoms with Crippen molar-refractivity contribution in [2.45, 2.75) is 32.9 Å². The molecule has 0 aromatic heterocycles. The van der Waals surface area contributed by atoms with E-state index in [0.29, 0.717) is 5.92 Å². The highest BCUT2D eigenvalue weighted by molar-refractivity contribution is 5.94. The molecule has 0 fully saturated rings. The normalized spacial score (nSPS) is 11.7. The van der Waals surface area contributed by atoms with Gasteiger partial charge < -0.3 is 5.32 Å². The van der Waals surface area contributed by atoms with E-state index in [1.807, 2.05) is 26.1 Å². The van der Waals surface area contributed by atoms with Gasteiger partial charge >= 0.3 is 6.18 Å². The zero-order chi connectivity index (χ0) is 13.9. The highest BCUT2D eigenvalue weighted by atomic mass is 19.4. The van der Waals surface area contributed by atoms with Crippen molar-refractivity contribution in [1.29, 1.82) is 0 Å². The van der Waals surface area contributed by atoms with Gasteiger partial charge in [-0.15, -0.1) is 0 Å². The van der Waals surface area contributed by atoms with Crippen molar-refractivity contribution in [3.8, 4) is 0 Å². The predicted octanol–water partition coefficient (Wildman–Crippen LogP) is 3.66.